The van der Waals surface area contributed by atoms with Gasteiger partial charge in [-0.15, -0.1) is 0 Å². The summed E-state index contributed by atoms with van der Waals surface area (Å²) in [5, 5.41) is 44.0. The lowest BCUT2D eigenvalue weighted by molar-refractivity contribution is -0.423. The summed E-state index contributed by atoms with van der Waals surface area (Å²) in [6.45, 7) is 2.09. The number of aryl methyl sites for hydroxylation is 1. The Bertz CT molecular complexity index is 914. The van der Waals surface area contributed by atoms with Gasteiger partial charge in [-0.25, -0.2) is 4.98 Å². The van der Waals surface area contributed by atoms with Gasteiger partial charge in [0, 0.05) is 0 Å². The maximum atomic E-state index is 11.3. The zero-order valence-corrected chi connectivity index (χ0v) is 11.6. The first-order valence-electron chi connectivity index (χ1n) is 5.86. The Hall–Kier alpha value is -3.64. The number of rotatable bonds is 4. The normalized spacial score (nSPS) is 10.7. The number of hydrogen-bond donors (Lipinski definition) is 1. The lowest BCUT2D eigenvalue weighted by atomic mass is 10.0. The van der Waals surface area contributed by atoms with Crippen LogP contribution in [0.15, 0.2) is 0 Å². The van der Waals surface area contributed by atoms with Crippen LogP contribution in [-0.4, -0.2) is 24.7 Å². The Morgan fingerprint density at radius 3 is 1.57 bits per heavy atom. The minimum atomic E-state index is -1.11. The van der Waals surface area contributed by atoms with Gasteiger partial charge in [0.25, 0.3) is 0 Å². The van der Waals surface area contributed by atoms with E-state index in [1.165, 1.54) is 0 Å². The van der Waals surface area contributed by atoms with Crippen LogP contribution in [0.5, 0.6) is 0 Å². The third-order valence-corrected chi connectivity index (χ3v) is 3.36. The van der Waals surface area contributed by atoms with Gasteiger partial charge in [0.05, 0.1) is 20.3 Å². The molecule has 0 amide bonds. The van der Waals surface area contributed by atoms with E-state index < -0.39 is 59.0 Å². The molecule has 2 aromatic rings. The van der Waals surface area contributed by atoms with Gasteiger partial charge in [-0.1, -0.05) is 0 Å². The minimum absolute atomic E-state index is 0.289. The van der Waals surface area contributed by atoms with Gasteiger partial charge in [-0.05, 0) is 18.8 Å². The SMILES string of the molecule is Cc1c([N+](=O)[O-])c([N+](=O)[O-])c2c(C)c([N+](=O)[O-])[nH]c2c1[N+](=O)[O-]. The maximum absolute atomic E-state index is 11.3. The predicted octanol–water partition coefficient (Wildman–Crippen LogP) is 2.42. The van der Waals surface area contributed by atoms with E-state index in [4.69, 9.17) is 0 Å². The van der Waals surface area contributed by atoms with E-state index in [-0.39, 0.29) is 5.56 Å². The molecule has 0 aliphatic heterocycles. The number of aromatic nitrogens is 1. The van der Waals surface area contributed by atoms with Crippen molar-refractivity contribution in [2.75, 3.05) is 0 Å². The monoisotopic (exact) mass is 325 g/mol. The molecule has 2 rings (SSSR count). The molecule has 13 nitrogen and oxygen atoms in total. The zero-order valence-electron chi connectivity index (χ0n) is 11.6. The lowest BCUT2D eigenvalue weighted by Gasteiger charge is -2.01. The number of nitro groups is 4. The molecular formula is C10H7N5O8. The van der Waals surface area contributed by atoms with E-state index in [1.807, 2.05) is 0 Å². The number of H-pyrrole nitrogens is 1. The van der Waals surface area contributed by atoms with Gasteiger partial charge in [0.15, 0.2) is 0 Å². The van der Waals surface area contributed by atoms with Gasteiger partial charge < -0.3 is 10.1 Å². The van der Waals surface area contributed by atoms with Crippen molar-refractivity contribution in [2.45, 2.75) is 13.8 Å². The average molecular weight is 325 g/mol. The fraction of sp³-hybridized carbons (Fsp3) is 0.200. The topological polar surface area (TPSA) is 188 Å². The fourth-order valence-electron chi connectivity index (χ4n) is 2.46. The molecule has 0 fully saturated rings. The number of nitro benzene ring substituents is 3. The van der Waals surface area contributed by atoms with Crippen LogP contribution in [0.2, 0.25) is 0 Å². The van der Waals surface area contributed by atoms with Gasteiger partial charge in [0.1, 0.15) is 10.9 Å². The molecule has 0 aliphatic carbocycles. The van der Waals surface area contributed by atoms with E-state index in [0.29, 0.717) is 0 Å². The predicted molar refractivity (Wildman–Crippen MR) is 74.4 cm³/mol. The minimum Gasteiger partial charge on any atom is -0.358 e. The highest BCUT2D eigenvalue weighted by molar-refractivity contribution is 6.04. The van der Waals surface area contributed by atoms with Crippen molar-refractivity contribution >= 4 is 33.8 Å². The molecule has 120 valence electrons. The van der Waals surface area contributed by atoms with Crippen LogP contribution in [0.1, 0.15) is 11.1 Å². The molecule has 0 saturated heterocycles. The van der Waals surface area contributed by atoms with E-state index in [0.717, 1.165) is 13.8 Å². The number of nitrogens with one attached hydrogen (secondary N) is 1. The molecule has 0 atom stereocenters. The molecule has 1 heterocycles. The van der Waals surface area contributed by atoms with E-state index >= 15 is 0 Å². The molecule has 0 saturated carbocycles. The third kappa shape index (κ3) is 2.10. The van der Waals surface area contributed by atoms with Gasteiger partial charge in [0.2, 0.25) is 5.52 Å². The Morgan fingerprint density at radius 2 is 1.17 bits per heavy atom. The fourth-order valence-corrected chi connectivity index (χ4v) is 2.46. The Morgan fingerprint density at radius 1 is 0.696 bits per heavy atom. The summed E-state index contributed by atoms with van der Waals surface area (Å²) >= 11 is 0. The first-order chi connectivity index (χ1) is 10.6. The average Bonchev–Trinajstić information content (AvgIpc) is 2.73. The highest BCUT2D eigenvalue weighted by Gasteiger charge is 2.42. The first kappa shape index (κ1) is 15.7. The highest BCUT2D eigenvalue weighted by Crippen LogP contribution is 2.47. The van der Waals surface area contributed by atoms with Crippen LogP contribution in [0.25, 0.3) is 10.9 Å². The number of benzene rings is 1. The Labute approximate surface area is 125 Å². The largest absolute Gasteiger partial charge is 0.358 e. The second-order valence-electron chi connectivity index (χ2n) is 4.55. The van der Waals surface area contributed by atoms with E-state index in [9.17, 15) is 40.5 Å². The second-order valence-corrected chi connectivity index (χ2v) is 4.55. The van der Waals surface area contributed by atoms with Crippen molar-refractivity contribution < 1.29 is 19.7 Å². The summed E-state index contributed by atoms with van der Waals surface area (Å²) in [4.78, 5) is 42.6. The van der Waals surface area contributed by atoms with Crippen LogP contribution in [0.3, 0.4) is 0 Å². The van der Waals surface area contributed by atoms with Crippen molar-refractivity contribution in [1.29, 1.82) is 0 Å². The Balaban J connectivity index is 3.24. The summed E-state index contributed by atoms with van der Waals surface area (Å²) in [6.07, 6.45) is 0. The number of hydrogen-bond acceptors (Lipinski definition) is 8. The van der Waals surface area contributed by atoms with Gasteiger partial charge >= 0.3 is 22.9 Å². The molecule has 1 aromatic heterocycles. The first-order valence-corrected chi connectivity index (χ1v) is 5.86. The molecule has 0 aliphatic rings. The van der Waals surface area contributed by atoms with Crippen LogP contribution in [0.4, 0.5) is 22.9 Å². The van der Waals surface area contributed by atoms with Crippen molar-refractivity contribution in [2.24, 2.45) is 0 Å². The second kappa shape index (κ2) is 4.97. The van der Waals surface area contributed by atoms with Crippen molar-refractivity contribution in [1.82, 2.24) is 4.98 Å². The molecule has 13 heteroatoms. The summed E-state index contributed by atoms with van der Waals surface area (Å²) < 4.78 is 0. The van der Waals surface area contributed by atoms with Crippen LogP contribution >= 0.6 is 0 Å². The Kier molecular flexibility index (Phi) is 3.40. The number of nitrogens with zero attached hydrogens (tertiary/aromatic N) is 4. The molecule has 1 N–H and O–H groups in total. The van der Waals surface area contributed by atoms with Crippen LogP contribution < -0.4 is 0 Å². The molecule has 23 heavy (non-hydrogen) atoms. The van der Waals surface area contributed by atoms with Crippen molar-refractivity contribution in [3.8, 4) is 0 Å². The highest BCUT2D eigenvalue weighted by atomic mass is 16.6. The molecule has 0 unspecified atom stereocenters. The number of fused-ring (bicyclic) bond motifs is 1. The van der Waals surface area contributed by atoms with Crippen molar-refractivity contribution in [3.63, 3.8) is 0 Å². The summed E-state index contributed by atoms with van der Waals surface area (Å²) in [7, 11) is 0. The maximum Gasteiger partial charge on any atom is 0.358 e. The smallest absolute Gasteiger partial charge is 0.358 e. The quantitative estimate of drug-likeness (QED) is 0.654. The third-order valence-electron chi connectivity index (χ3n) is 3.36. The lowest BCUT2D eigenvalue weighted by Crippen LogP contribution is -2.03. The molecule has 0 bridgehead atoms. The van der Waals surface area contributed by atoms with Gasteiger partial charge in [-0.2, -0.15) is 0 Å². The van der Waals surface area contributed by atoms with Crippen molar-refractivity contribution in [3.05, 3.63) is 51.6 Å². The molecule has 1 aromatic carbocycles. The molecule has 0 spiro atoms. The van der Waals surface area contributed by atoms with Crippen LogP contribution in [-0.2, 0) is 0 Å². The van der Waals surface area contributed by atoms with Crippen LogP contribution in [0, 0.1) is 54.3 Å². The standard InChI is InChI=1S/C10H7N5O8/c1-3-5-6(11-10(3)15(22)23)7(12(16)17)4(2)8(13(18)19)9(5)14(20)21/h11H,1-2H3. The van der Waals surface area contributed by atoms with E-state index in [2.05, 4.69) is 4.98 Å². The summed E-state index contributed by atoms with van der Waals surface area (Å²) in [5.74, 6) is -0.703. The summed E-state index contributed by atoms with van der Waals surface area (Å²) in [5.41, 5.74) is -4.23. The zero-order chi connectivity index (χ0) is 17.6. The van der Waals surface area contributed by atoms with E-state index in [1.54, 1.807) is 0 Å². The molecule has 0 radical (unpaired) electrons. The van der Waals surface area contributed by atoms with Gasteiger partial charge in [-0.3, -0.25) is 30.3 Å². The summed E-state index contributed by atoms with van der Waals surface area (Å²) in [6, 6.07) is 0. The number of aromatic amines is 1. The molecular weight excluding hydrogens is 318 g/mol.